The Labute approximate surface area is 81.8 Å². The predicted octanol–water partition coefficient (Wildman–Crippen LogP) is 2.19. The molecule has 1 heterocycles. The highest BCUT2D eigenvalue weighted by Gasteiger charge is 1.98. The third kappa shape index (κ3) is 1.71. The van der Waals surface area contributed by atoms with E-state index in [2.05, 4.69) is 10.3 Å². The average molecular weight is 186 g/mol. The lowest BCUT2D eigenvalue weighted by Gasteiger charge is -2.02. The van der Waals surface area contributed by atoms with Gasteiger partial charge in [-0.2, -0.15) is 0 Å². The molecular formula is C11H10N2O. The van der Waals surface area contributed by atoms with Crippen LogP contribution in [0.5, 0.6) is 0 Å². The third-order valence-electron chi connectivity index (χ3n) is 1.94. The summed E-state index contributed by atoms with van der Waals surface area (Å²) in [5, 5.41) is 4.79. The first-order chi connectivity index (χ1) is 6.75. The van der Waals surface area contributed by atoms with Crippen LogP contribution >= 0.6 is 0 Å². The van der Waals surface area contributed by atoms with Gasteiger partial charge in [0.15, 0.2) is 0 Å². The minimum atomic E-state index is -0.104. The Kier molecular flexibility index (Phi) is 2.14. The predicted molar refractivity (Wildman–Crippen MR) is 56.0 cm³/mol. The van der Waals surface area contributed by atoms with Crippen molar-refractivity contribution in [3.8, 4) is 0 Å². The van der Waals surface area contributed by atoms with Crippen LogP contribution in [0.1, 0.15) is 6.92 Å². The lowest BCUT2D eigenvalue weighted by molar-refractivity contribution is -0.114. The molecule has 0 radical (unpaired) electrons. The van der Waals surface area contributed by atoms with E-state index < -0.39 is 0 Å². The molecule has 0 saturated carbocycles. The maximum absolute atomic E-state index is 10.8. The Morgan fingerprint density at radius 2 is 2.00 bits per heavy atom. The third-order valence-corrected chi connectivity index (χ3v) is 1.94. The Morgan fingerprint density at radius 1 is 1.29 bits per heavy atom. The van der Waals surface area contributed by atoms with Crippen LogP contribution < -0.4 is 5.32 Å². The highest BCUT2D eigenvalue weighted by Crippen LogP contribution is 2.15. The molecule has 1 amide bonds. The summed E-state index contributed by atoms with van der Waals surface area (Å²) in [5.41, 5.74) is 0. The number of amides is 1. The van der Waals surface area contributed by atoms with Crippen LogP contribution in [0, 0.1) is 0 Å². The van der Waals surface area contributed by atoms with E-state index in [1.165, 1.54) is 6.92 Å². The second-order valence-corrected chi connectivity index (χ2v) is 3.10. The molecule has 1 aromatic heterocycles. The molecule has 0 saturated heterocycles. The van der Waals surface area contributed by atoms with Gasteiger partial charge in [0.05, 0.1) is 0 Å². The van der Waals surface area contributed by atoms with Crippen molar-refractivity contribution >= 4 is 22.5 Å². The number of pyridine rings is 1. The fourth-order valence-corrected chi connectivity index (χ4v) is 1.33. The van der Waals surface area contributed by atoms with Crippen molar-refractivity contribution in [1.82, 2.24) is 4.98 Å². The van der Waals surface area contributed by atoms with Gasteiger partial charge in [0, 0.05) is 18.5 Å². The normalized spacial score (nSPS) is 10.1. The van der Waals surface area contributed by atoms with Gasteiger partial charge in [-0.05, 0) is 11.5 Å². The number of carbonyl (C=O) groups excluding carboxylic acids is 1. The highest BCUT2D eigenvalue weighted by molar-refractivity contribution is 5.91. The van der Waals surface area contributed by atoms with Gasteiger partial charge >= 0.3 is 0 Å². The molecule has 2 rings (SSSR count). The van der Waals surface area contributed by atoms with Crippen LogP contribution in [0.4, 0.5) is 5.82 Å². The minimum absolute atomic E-state index is 0.104. The van der Waals surface area contributed by atoms with Crippen molar-refractivity contribution in [3.63, 3.8) is 0 Å². The van der Waals surface area contributed by atoms with Crippen LogP contribution in [-0.2, 0) is 4.79 Å². The van der Waals surface area contributed by atoms with Gasteiger partial charge in [0.1, 0.15) is 5.82 Å². The smallest absolute Gasteiger partial charge is 0.222 e. The number of nitrogens with one attached hydrogen (secondary N) is 1. The summed E-state index contributed by atoms with van der Waals surface area (Å²) in [4.78, 5) is 14.9. The van der Waals surface area contributed by atoms with Gasteiger partial charge in [-0.15, -0.1) is 0 Å². The molecule has 1 N–H and O–H groups in total. The first-order valence-corrected chi connectivity index (χ1v) is 4.38. The van der Waals surface area contributed by atoms with E-state index in [0.29, 0.717) is 5.82 Å². The van der Waals surface area contributed by atoms with E-state index in [4.69, 9.17) is 0 Å². The molecule has 1 aromatic carbocycles. The Hall–Kier alpha value is -1.90. The second kappa shape index (κ2) is 3.46. The van der Waals surface area contributed by atoms with Crippen molar-refractivity contribution in [1.29, 1.82) is 0 Å². The van der Waals surface area contributed by atoms with Gasteiger partial charge in [0.25, 0.3) is 0 Å². The van der Waals surface area contributed by atoms with Gasteiger partial charge < -0.3 is 5.32 Å². The summed E-state index contributed by atoms with van der Waals surface area (Å²) >= 11 is 0. The number of anilines is 1. The van der Waals surface area contributed by atoms with E-state index in [1.807, 2.05) is 30.3 Å². The number of carbonyl (C=O) groups is 1. The molecule has 0 aliphatic carbocycles. The molecule has 70 valence electrons. The number of hydrogen-bond acceptors (Lipinski definition) is 2. The van der Waals surface area contributed by atoms with Crippen LogP contribution in [0.2, 0.25) is 0 Å². The number of hydrogen-bond donors (Lipinski definition) is 1. The van der Waals surface area contributed by atoms with Crippen molar-refractivity contribution in [3.05, 3.63) is 36.5 Å². The van der Waals surface area contributed by atoms with E-state index >= 15 is 0 Å². The number of nitrogens with zero attached hydrogens (tertiary/aromatic N) is 1. The largest absolute Gasteiger partial charge is 0.311 e. The molecule has 2 aromatic rings. The summed E-state index contributed by atoms with van der Waals surface area (Å²) in [6.07, 6.45) is 1.75. The average Bonchev–Trinajstić information content (AvgIpc) is 2.17. The standard InChI is InChI=1S/C11H10N2O/c1-8(14)13-11-6-9-4-2-3-5-10(9)7-12-11/h2-7H,1H3,(H,12,13,14). The molecule has 0 atom stereocenters. The fourth-order valence-electron chi connectivity index (χ4n) is 1.33. The van der Waals surface area contributed by atoms with Crippen LogP contribution in [0.15, 0.2) is 36.5 Å². The first-order valence-electron chi connectivity index (χ1n) is 4.38. The van der Waals surface area contributed by atoms with Crippen LogP contribution in [-0.4, -0.2) is 10.9 Å². The molecule has 0 spiro atoms. The van der Waals surface area contributed by atoms with Gasteiger partial charge in [-0.1, -0.05) is 24.3 Å². The second-order valence-electron chi connectivity index (χ2n) is 3.10. The van der Waals surface area contributed by atoms with Gasteiger partial charge in [0.2, 0.25) is 5.91 Å². The minimum Gasteiger partial charge on any atom is -0.311 e. The molecule has 0 bridgehead atoms. The zero-order valence-electron chi connectivity index (χ0n) is 7.82. The zero-order chi connectivity index (χ0) is 9.97. The monoisotopic (exact) mass is 186 g/mol. The quantitative estimate of drug-likeness (QED) is 0.741. The van der Waals surface area contributed by atoms with Crippen molar-refractivity contribution < 1.29 is 4.79 Å². The lowest BCUT2D eigenvalue weighted by atomic mass is 10.2. The van der Waals surface area contributed by atoms with Gasteiger partial charge in [-0.3, -0.25) is 4.79 Å². The fraction of sp³-hybridized carbons (Fsp3) is 0.0909. The van der Waals surface area contributed by atoms with Crippen LogP contribution in [0.25, 0.3) is 10.8 Å². The van der Waals surface area contributed by atoms with E-state index in [0.717, 1.165) is 10.8 Å². The van der Waals surface area contributed by atoms with E-state index in [-0.39, 0.29) is 5.91 Å². The molecule has 14 heavy (non-hydrogen) atoms. The summed E-state index contributed by atoms with van der Waals surface area (Å²) in [6.45, 7) is 1.47. The SMILES string of the molecule is CC(=O)Nc1cc2ccccc2cn1. The van der Waals surface area contributed by atoms with E-state index in [9.17, 15) is 4.79 Å². The van der Waals surface area contributed by atoms with Crippen LogP contribution in [0.3, 0.4) is 0 Å². The maximum atomic E-state index is 10.8. The molecule has 0 aliphatic rings. The number of benzene rings is 1. The van der Waals surface area contributed by atoms with E-state index in [1.54, 1.807) is 6.20 Å². The topological polar surface area (TPSA) is 42.0 Å². The molecular weight excluding hydrogens is 176 g/mol. The molecule has 0 aliphatic heterocycles. The Morgan fingerprint density at radius 3 is 2.71 bits per heavy atom. The summed E-state index contributed by atoms with van der Waals surface area (Å²) < 4.78 is 0. The summed E-state index contributed by atoms with van der Waals surface area (Å²) in [6, 6.07) is 9.75. The lowest BCUT2D eigenvalue weighted by Crippen LogP contribution is -2.06. The molecule has 0 fully saturated rings. The maximum Gasteiger partial charge on any atom is 0.222 e. The van der Waals surface area contributed by atoms with Gasteiger partial charge in [-0.25, -0.2) is 4.98 Å². The van der Waals surface area contributed by atoms with Crippen molar-refractivity contribution in [2.24, 2.45) is 0 Å². The first kappa shape index (κ1) is 8.69. The van der Waals surface area contributed by atoms with Crippen molar-refractivity contribution in [2.75, 3.05) is 5.32 Å². The molecule has 3 heteroatoms. The number of rotatable bonds is 1. The number of fused-ring (bicyclic) bond motifs is 1. The summed E-state index contributed by atoms with van der Waals surface area (Å²) in [7, 11) is 0. The summed E-state index contributed by atoms with van der Waals surface area (Å²) in [5.74, 6) is 0.490. The molecule has 3 nitrogen and oxygen atoms in total. The highest BCUT2D eigenvalue weighted by atomic mass is 16.1. The van der Waals surface area contributed by atoms with Crippen molar-refractivity contribution in [2.45, 2.75) is 6.92 Å². The number of aromatic nitrogens is 1. The molecule has 0 unspecified atom stereocenters. The Bertz CT molecular complexity index is 479. The Balaban J connectivity index is 2.46. The zero-order valence-corrected chi connectivity index (χ0v) is 7.82.